The van der Waals surface area contributed by atoms with Crippen LogP contribution in [0, 0.1) is 10.5 Å². The van der Waals surface area contributed by atoms with Crippen LogP contribution in [0.4, 0.5) is 13.2 Å². The minimum absolute atomic E-state index is 0.0282. The summed E-state index contributed by atoms with van der Waals surface area (Å²) < 4.78 is 37.9. The number of hydrogen-bond donors (Lipinski definition) is 1. The molecule has 2 nitrogen and oxygen atoms in total. The van der Waals surface area contributed by atoms with Gasteiger partial charge in [-0.3, -0.25) is 4.79 Å². The summed E-state index contributed by atoms with van der Waals surface area (Å²) in [6.07, 6.45) is -4.56. The van der Waals surface area contributed by atoms with Crippen LogP contribution in [-0.4, -0.2) is 5.91 Å². The Kier molecular flexibility index (Phi) is 3.27. The van der Waals surface area contributed by atoms with Gasteiger partial charge in [-0.1, -0.05) is 6.07 Å². The molecule has 0 spiro atoms. The molecule has 82 valence electrons. The predicted molar refractivity (Wildman–Crippen MR) is 57.4 cm³/mol. The zero-order chi connectivity index (χ0) is 11.8. The molecule has 0 saturated carbocycles. The van der Waals surface area contributed by atoms with Crippen molar-refractivity contribution in [3.8, 4) is 0 Å². The maximum absolute atomic E-state index is 12.6. The molecule has 1 rings (SSSR count). The molecule has 1 amide bonds. The summed E-state index contributed by atoms with van der Waals surface area (Å²) in [5.74, 6) is -1.06. The van der Waals surface area contributed by atoms with Gasteiger partial charge in [0.1, 0.15) is 0 Å². The number of nitrogens with two attached hydrogens (primary N) is 1. The van der Waals surface area contributed by atoms with E-state index in [4.69, 9.17) is 5.73 Å². The quantitative estimate of drug-likeness (QED) is 0.791. The molecule has 1 aromatic rings. The number of benzene rings is 1. The van der Waals surface area contributed by atoms with E-state index in [0.717, 1.165) is 0 Å². The van der Waals surface area contributed by atoms with E-state index in [1.54, 1.807) is 0 Å². The summed E-state index contributed by atoms with van der Waals surface area (Å²) in [4.78, 5) is 11.0. The van der Waals surface area contributed by atoms with Crippen molar-refractivity contribution in [2.45, 2.75) is 13.1 Å². The number of carbonyl (C=O) groups excluding carboxylic acids is 1. The van der Waals surface area contributed by atoms with Gasteiger partial charge in [0, 0.05) is 3.57 Å². The molecule has 0 aliphatic heterocycles. The molecular weight excluding hydrogens is 322 g/mol. The van der Waals surface area contributed by atoms with Crippen molar-refractivity contribution in [3.63, 3.8) is 0 Å². The average Bonchev–Trinajstić information content (AvgIpc) is 2.05. The van der Waals surface area contributed by atoms with Gasteiger partial charge in [-0.05, 0) is 41.1 Å². The Morgan fingerprint density at radius 1 is 1.40 bits per heavy atom. The molecule has 0 saturated heterocycles. The van der Waals surface area contributed by atoms with Crippen LogP contribution in [-0.2, 0) is 6.18 Å². The predicted octanol–water partition coefficient (Wildman–Crippen LogP) is 2.72. The summed E-state index contributed by atoms with van der Waals surface area (Å²) in [7, 11) is 0. The molecule has 0 atom stereocenters. The van der Waals surface area contributed by atoms with E-state index in [1.165, 1.54) is 41.6 Å². The lowest BCUT2D eigenvalue weighted by molar-refractivity contribution is -0.138. The number of carbonyl (C=O) groups is 1. The van der Waals surface area contributed by atoms with Crippen molar-refractivity contribution >= 4 is 28.5 Å². The molecule has 0 aromatic heterocycles. The Morgan fingerprint density at radius 2 is 1.93 bits per heavy atom. The maximum Gasteiger partial charge on any atom is 0.418 e. The van der Waals surface area contributed by atoms with Gasteiger partial charge in [-0.2, -0.15) is 13.2 Å². The Morgan fingerprint density at radius 3 is 2.27 bits per heavy atom. The normalized spacial score (nSPS) is 11.5. The van der Waals surface area contributed by atoms with Gasteiger partial charge in [0.2, 0.25) is 5.91 Å². The van der Waals surface area contributed by atoms with Crippen LogP contribution < -0.4 is 5.73 Å². The number of amides is 1. The lowest BCUT2D eigenvalue weighted by Crippen LogP contribution is -2.21. The molecule has 0 aliphatic carbocycles. The topological polar surface area (TPSA) is 43.1 Å². The highest BCUT2D eigenvalue weighted by molar-refractivity contribution is 14.1. The fourth-order valence-electron chi connectivity index (χ4n) is 1.28. The number of halogens is 4. The van der Waals surface area contributed by atoms with Crippen LogP contribution >= 0.6 is 22.6 Å². The van der Waals surface area contributed by atoms with Crippen molar-refractivity contribution in [2.75, 3.05) is 0 Å². The van der Waals surface area contributed by atoms with Gasteiger partial charge in [-0.15, -0.1) is 0 Å². The number of primary amides is 1. The van der Waals surface area contributed by atoms with E-state index in [9.17, 15) is 18.0 Å². The van der Waals surface area contributed by atoms with Gasteiger partial charge in [0.15, 0.2) is 0 Å². The van der Waals surface area contributed by atoms with E-state index in [-0.39, 0.29) is 9.13 Å². The second kappa shape index (κ2) is 3.99. The number of rotatable bonds is 1. The summed E-state index contributed by atoms with van der Waals surface area (Å²) >= 11 is 1.53. The standard InChI is InChI=1S/C9H7F3INO/c1-4-2-3-5(13)7(9(10,11)12)6(4)8(14)15/h2-3H,1H3,(H2,14,15). The minimum Gasteiger partial charge on any atom is -0.366 e. The van der Waals surface area contributed by atoms with E-state index >= 15 is 0 Å². The molecule has 15 heavy (non-hydrogen) atoms. The molecule has 0 aliphatic rings. The van der Waals surface area contributed by atoms with E-state index in [1.807, 2.05) is 0 Å². The van der Waals surface area contributed by atoms with Crippen LogP contribution in [0.2, 0.25) is 0 Å². The monoisotopic (exact) mass is 329 g/mol. The largest absolute Gasteiger partial charge is 0.418 e. The zero-order valence-corrected chi connectivity index (χ0v) is 9.81. The Hall–Kier alpha value is -0.790. The lowest BCUT2D eigenvalue weighted by Gasteiger charge is -2.14. The third kappa shape index (κ3) is 2.42. The fraction of sp³-hybridized carbons (Fsp3) is 0.222. The van der Waals surface area contributed by atoms with Gasteiger partial charge in [-0.25, -0.2) is 0 Å². The van der Waals surface area contributed by atoms with E-state index in [0.29, 0.717) is 0 Å². The Labute approximate surface area is 97.8 Å². The van der Waals surface area contributed by atoms with E-state index in [2.05, 4.69) is 0 Å². The molecular formula is C9H7F3INO. The second-order valence-electron chi connectivity index (χ2n) is 2.98. The first-order chi connectivity index (χ1) is 6.75. The van der Waals surface area contributed by atoms with Gasteiger partial charge in [0.25, 0.3) is 0 Å². The molecule has 2 N–H and O–H groups in total. The third-order valence-electron chi connectivity index (χ3n) is 1.89. The molecule has 6 heteroatoms. The average molecular weight is 329 g/mol. The number of alkyl halides is 3. The molecule has 0 unspecified atom stereocenters. The summed E-state index contributed by atoms with van der Waals surface area (Å²) in [6.45, 7) is 1.42. The van der Waals surface area contributed by atoms with Crippen molar-refractivity contribution < 1.29 is 18.0 Å². The molecule has 0 radical (unpaired) electrons. The number of aryl methyl sites for hydroxylation is 1. The second-order valence-corrected chi connectivity index (χ2v) is 4.14. The Bertz CT molecular complexity index is 415. The van der Waals surface area contributed by atoms with Crippen LogP contribution in [0.25, 0.3) is 0 Å². The molecule has 0 fully saturated rings. The van der Waals surface area contributed by atoms with Crippen molar-refractivity contribution in [3.05, 3.63) is 32.4 Å². The van der Waals surface area contributed by atoms with Crippen LogP contribution in [0.5, 0.6) is 0 Å². The molecule has 0 bridgehead atoms. The number of hydrogen-bond acceptors (Lipinski definition) is 1. The first kappa shape index (κ1) is 12.3. The summed E-state index contributed by atoms with van der Waals surface area (Å²) in [6, 6.07) is 2.75. The third-order valence-corrected chi connectivity index (χ3v) is 2.79. The highest BCUT2D eigenvalue weighted by Crippen LogP contribution is 2.36. The SMILES string of the molecule is Cc1ccc(I)c(C(F)(F)F)c1C(N)=O. The van der Waals surface area contributed by atoms with Crippen LogP contribution in [0.1, 0.15) is 21.5 Å². The zero-order valence-electron chi connectivity index (χ0n) is 7.65. The first-order valence-electron chi connectivity index (χ1n) is 3.91. The minimum atomic E-state index is -4.56. The highest BCUT2D eigenvalue weighted by Gasteiger charge is 2.37. The summed E-state index contributed by atoms with van der Waals surface area (Å²) in [5, 5.41) is 0. The Balaban J connectivity index is 3.60. The fourth-order valence-corrected chi connectivity index (χ4v) is 2.03. The van der Waals surface area contributed by atoms with Crippen LogP contribution in [0.3, 0.4) is 0 Å². The van der Waals surface area contributed by atoms with Gasteiger partial charge in [0.05, 0.1) is 11.1 Å². The van der Waals surface area contributed by atoms with Crippen molar-refractivity contribution in [1.29, 1.82) is 0 Å². The molecule has 0 heterocycles. The molecule has 1 aromatic carbocycles. The summed E-state index contributed by atoms with van der Waals surface area (Å²) in [5.41, 5.74) is 3.77. The van der Waals surface area contributed by atoms with Crippen molar-refractivity contribution in [2.24, 2.45) is 5.73 Å². The van der Waals surface area contributed by atoms with Gasteiger partial charge >= 0.3 is 6.18 Å². The van der Waals surface area contributed by atoms with Crippen LogP contribution in [0.15, 0.2) is 12.1 Å². The highest BCUT2D eigenvalue weighted by atomic mass is 127. The lowest BCUT2D eigenvalue weighted by atomic mass is 10.0. The van der Waals surface area contributed by atoms with Gasteiger partial charge < -0.3 is 5.73 Å². The van der Waals surface area contributed by atoms with E-state index < -0.39 is 23.2 Å². The maximum atomic E-state index is 12.6. The van der Waals surface area contributed by atoms with Crippen molar-refractivity contribution in [1.82, 2.24) is 0 Å². The smallest absolute Gasteiger partial charge is 0.366 e. The first-order valence-corrected chi connectivity index (χ1v) is 4.99.